The van der Waals surface area contributed by atoms with E-state index in [1.54, 1.807) is 0 Å². The van der Waals surface area contributed by atoms with Gasteiger partial charge in [-0.2, -0.15) is 0 Å². The van der Waals surface area contributed by atoms with Crippen LogP contribution in [0.15, 0.2) is 28.4 Å². The molecule has 0 saturated heterocycles. The van der Waals surface area contributed by atoms with E-state index in [2.05, 4.69) is 44.1 Å². The largest absolute Gasteiger partial charge is 0.264 e. The maximum absolute atomic E-state index is 4.68. The summed E-state index contributed by atoms with van der Waals surface area (Å²) < 4.78 is 0. The molecular weight excluding hydrogens is 182 g/mol. The zero-order chi connectivity index (χ0) is 10.9. The molecule has 0 aromatic heterocycles. The maximum atomic E-state index is 4.68. The topological polar surface area (TPSA) is 12.4 Å². The summed E-state index contributed by atoms with van der Waals surface area (Å²) in [5.74, 6) is 0.818. The molecule has 1 heterocycles. The average Bonchev–Trinajstić information content (AvgIpc) is 2.40. The minimum atomic E-state index is 0.120. The van der Waals surface area contributed by atoms with Gasteiger partial charge in [0.1, 0.15) is 0 Å². The second kappa shape index (κ2) is 3.96. The molecule has 0 saturated carbocycles. The lowest BCUT2D eigenvalue weighted by Gasteiger charge is -2.12. The fourth-order valence-electron chi connectivity index (χ4n) is 2.29. The lowest BCUT2D eigenvalue weighted by Crippen LogP contribution is -2.07. The van der Waals surface area contributed by atoms with Crippen LogP contribution in [0.2, 0.25) is 0 Å². The van der Waals surface area contributed by atoms with Crippen molar-refractivity contribution >= 4 is 6.21 Å². The third kappa shape index (κ3) is 2.58. The smallest absolute Gasteiger partial charge is 0.0431 e. The highest BCUT2D eigenvalue weighted by Gasteiger charge is 2.19. The molecule has 15 heavy (non-hydrogen) atoms. The molecule has 2 rings (SSSR count). The van der Waals surface area contributed by atoms with E-state index < -0.39 is 0 Å². The van der Waals surface area contributed by atoms with Crippen LogP contribution in [0, 0.1) is 11.3 Å². The highest BCUT2D eigenvalue weighted by molar-refractivity contribution is 5.70. The van der Waals surface area contributed by atoms with Crippen LogP contribution in [0.1, 0.15) is 46.5 Å². The zero-order valence-electron chi connectivity index (χ0n) is 10.1. The monoisotopic (exact) mass is 203 g/mol. The van der Waals surface area contributed by atoms with Crippen molar-refractivity contribution in [1.82, 2.24) is 0 Å². The van der Waals surface area contributed by atoms with E-state index in [1.165, 1.54) is 30.5 Å². The molecule has 0 radical (unpaired) electrons. The molecule has 0 N–H and O–H groups in total. The van der Waals surface area contributed by atoms with Crippen LogP contribution in [0.25, 0.3) is 0 Å². The van der Waals surface area contributed by atoms with E-state index in [-0.39, 0.29) is 5.41 Å². The fraction of sp³-hybridized carbons (Fsp3) is 0.643. The van der Waals surface area contributed by atoms with Gasteiger partial charge in [-0.15, -0.1) is 0 Å². The Morgan fingerprint density at radius 2 is 2.20 bits per heavy atom. The van der Waals surface area contributed by atoms with Gasteiger partial charge < -0.3 is 0 Å². The molecule has 0 fully saturated rings. The Kier molecular flexibility index (Phi) is 2.81. The molecule has 2 aliphatic rings. The van der Waals surface area contributed by atoms with E-state index >= 15 is 0 Å². The molecule has 0 aromatic carbocycles. The summed E-state index contributed by atoms with van der Waals surface area (Å²) in [6.45, 7) is 6.77. The predicted octanol–water partition coefficient (Wildman–Crippen LogP) is 4.12. The van der Waals surface area contributed by atoms with E-state index in [0.717, 1.165) is 12.3 Å². The maximum Gasteiger partial charge on any atom is 0.0431 e. The van der Waals surface area contributed by atoms with Gasteiger partial charge in [-0.3, -0.25) is 4.99 Å². The molecule has 1 unspecified atom stereocenters. The van der Waals surface area contributed by atoms with Crippen LogP contribution < -0.4 is 0 Å². The third-order valence-electron chi connectivity index (χ3n) is 3.32. The minimum absolute atomic E-state index is 0.120. The lowest BCUT2D eigenvalue weighted by molar-refractivity contribution is 0.525. The van der Waals surface area contributed by atoms with Crippen molar-refractivity contribution in [2.75, 3.05) is 0 Å². The molecular formula is C14H21N. The molecule has 82 valence electrons. The average molecular weight is 203 g/mol. The van der Waals surface area contributed by atoms with Crippen molar-refractivity contribution in [2.45, 2.75) is 46.5 Å². The van der Waals surface area contributed by atoms with Crippen molar-refractivity contribution in [2.24, 2.45) is 16.3 Å². The molecule has 1 aliphatic carbocycles. The Labute approximate surface area is 93.0 Å². The molecule has 1 atom stereocenters. The Balaban J connectivity index is 2.29. The fourth-order valence-corrected chi connectivity index (χ4v) is 2.29. The summed E-state index contributed by atoms with van der Waals surface area (Å²) >= 11 is 0. The van der Waals surface area contributed by atoms with E-state index in [0.29, 0.717) is 0 Å². The van der Waals surface area contributed by atoms with Crippen molar-refractivity contribution in [1.29, 1.82) is 0 Å². The van der Waals surface area contributed by atoms with Gasteiger partial charge in [-0.05, 0) is 30.8 Å². The highest BCUT2D eigenvalue weighted by Crippen LogP contribution is 2.32. The summed E-state index contributed by atoms with van der Waals surface area (Å²) in [7, 11) is 0. The minimum Gasteiger partial charge on any atom is -0.264 e. The quantitative estimate of drug-likeness (QED) is 0.561. The molecule has 0 bridgehead atoms. The first kappa shape index (κ1) is 10.7. The Morgan fingerprint density at radius 3 is 3.00 bits per heavy atom. The van der Waals surface area contributed by atoms with Gasteiger partial charge in [0.25, 0.3) is 0 Å². The lowest BCUT2D eigenvalue weighted by atomic mass is 9.93. The normalized spacial score (nSPS) is 29.7. The second-order valence-corrected chi connectivity index (χ2v) is 5.59. The predicted molar refractivity (Wildman–Crippen MR) is 66.1 cm³/mol. The Hall–Kier alpha value is -0.850. The number of nitrogens with zero attached hydrogens (tertiary/aromatic N) is 1. The van der Waals surface area contributed by atoms with Crippen LogP contribution in [-0.4, -0.2) is 6.21 Å². The summed E-state index contributed by atoms with van der Waals surface area (Å²) in [5, 5.41) is 0. The van der Waals surface area contributed by atoms with Gasteiger partial charge in [0.05, 0.1) is 0 Å². The van der Waals surface area contributed by atoms with Crippen LogP contribution in [0.4, 0.5) is 0 Å². The van der Waals surface area contributed by atoms with Crippen molar-refractivity contribution < 1.29 is 0 Å². The summed E-state index contributed by atoms with van der Waals surface area (Å²) in [4.78, 5) is 4.68. The van der Waals surface area contributed by atoms with Gasteiger partial charge in [0.15, 0.2) is 0 Å². The van der Waals surface area contributed by atoms with E-state index in [1.807, 2.05) is 0 Å². The number of allylic oxidation sites excluding steroid dienone is 4. The SMILES string of the molecule is CC1CCCC2=C(C=CC(C)(C)C=N2)C1. The van der Waals surface area contributed by atoms with Crippen molar-refractivity contribution in [3.05, 3.63) is 23.4 Å². The molecule has 1 heteroatoms. The van der Waals surface area contributed by atoms with Crippen LogP contribution in [0.5, 0.6) is 0 Å². The first-order valence-electron chi connectivity index (χ1n) is 6.03. The molecule has 1 aliphatic heterocycles. The Bertz CT molecular complexity index is 331. The molecule has 0 amide bonds. The number of aliphatic imine (C=N–C) groups is 1. The molecule has 1 nitrogen and oxygen atoms in total. The third-order valence-corrected chi connectivity index (χ3v) is 3.32. The van der Waals surface area contributed by atoms with Crippen LogP contribution >= 0.6 is 0 Å². The summed E-state index contributed by atoms with van der Waals surface area (Å²) in [6.07, 6.45) is 11.7. The molecule has 0 aromatic rings. The Morgan fingerprint density at radius 1 is 1.40 bits per heavy atom. The van der Waals surface area contributed by atoms with E-state index in [9.17, 15) is 0 Å². The van der Waals surface area contributed by atoms with Gasteiger partial charge in [-0.1, -0.05) is 39.3 Å². The zero-order valence-corrected chi connectivity index (χ0v) is 10.1. The summed E-state index contributed by atoms with van der Waals surface area (Å²) in [6, 6.07) is 0. The highest BCUT2D eigenvalue weighted by atomic mass is 14.8. The van der Waals surface area contributed by atoms with Gasteiger partial charge in [0, 0.05) is 17.3 Å². The first-order chi connectivity index (χ1) is 7.07. The number of hydrogen-bond acceptors (Lipinski definition) is 1. The molecule has 0 spiro atoms. The van der Waals surface area contributed by atoms with Crippen LogP contribution in [0.3, 0.4) is 0 Å². The second-order valence-electron chi connectivity index (χ2n) is 5.59. The van der Waals surface area contributed by atoms with Crippen LogP contribution in [-0.2, 0) is 0 Å². The summed E-state index contributed by atoms with van der Waals surface area (Å²) in [5.41, 5.74) is 2.93. The van der Waals surface area contributed by atoms with E-state index in [4.69, 9.17) is 0 Å². The van der Waals surface area contributed by atoms with Gasteiger partial charge in [-0.25, -0.2) is 0 Å². The van der Waals surface area contributed by atoms with Crippen molar-refractivity contribution in [3.8, 4) is 0 Å². The van der Waals surface area contributed by atoms with Gasteiger partial charge in [0.2, 0.25) is 0 Å². The first-order valence-corrected chi connectivity index (χ1v) is 6.03. The van der Waals surface area contributed by atoms with Crippen molar-refractivity contribution in [3.63, 3.8) is 0 Å². The van der Waals surface area contributed by atoms with Gasteiger partial charge >= 0.3 is 0 Å². The number of rotatable bonds is 0. The standard InChI is InChI=1S/C14H21N/c1-11-5-4-6-13-12(9-11)7-8-14(2,3)10-15-13/h7-8,10-11H,4-6,9H2,1-3H3. The number of hydrogen-bond donors (Lipinski definition) is 0.